The zero-order valence-electron chi connectivity index (χ0n) is 12.3. The number of benzene rings is 2. The van der Waals surface area contributed by atoms with Crippen molar-refractivity contribution < 1.29 is 9.53 Å². The number of carbonyl (C=O) groups is 1. The van der Waals surface area contributed by atoms with Crippen LogP contribution < -0.4 is 5.32 Å². The summed E-state index contributed by atoms with van der Waals surface area (Å²) in [5.74, 6) is -0.438. The van der Waals surface area contributed by atoms with Gasteiger partial charge in [0.1, 0.15) is 0 Å². The van der Waals surface area contributed by atoms with Gasteiger partial charge in [-0.1, -0.05) is 41.4 Å². The van der Waals surface area contributed by atoms with Crippen LogP contribution in [0.1, 0.15) is 34.5 Å². The molecule has 0 heterocycles. The highest BCUT2D eigenvalue weighted by Crippen LogP contribution is 2.25. The molecule has 0 fully saturated rings. The van der Waals surface area contributed by atoms with E-state index in [9.17, 15) is 4.79 Å². The summed E-state index contributed by atoms with van der Waals surface area (Å²) < 4.78 is 4.72. The monoisotopic (exact) mass is 303 g/mol. The number of halogens is 1. The minimum atomic E-state index is -0.438. The van der Waals surface area contributed by atoms with Gasteiger partial charge in [-0.15, -0.1) is 0 Å². The molecular formula is C17H18ClNO2. The number of methoxy groups -OCH3 is 1. The SMILES string of the molecule is COC(=O)c1cc(NC(C)c2ccc(C)cc2)ccc1Cl. The first-order valence-electron chi connectivity index (χ1n) is 6.72. The van der Waals surface area contributed by atoms with Crippen LogP contribution in [0.25, 0.3) is 0 Å². The van der Waals surface area contributed by atoms with E-state index in [0.717, 1.165) is 5.69 Å². The number of hydrogen-bond donors (Lipinski definition) is 1. The van der Waals surface area contributed by atoms with Crippen molar-refractivity contribution in [1.29, 1.82) is 0 Å². The average molecular weight is 304 g/mol. The minimum Gasteiger partial charge on any atom is -0.465 e. The molecule has 3 nitrogen and oxygen atoms in total. The number of esters is 1. The summed E-state index contributed by atoms with van der Waals surface area (Å²) in [7, 11) is 1.34. The first-order valence-corrected chi connectivity index (χ1v) is 7.10. The quantitative estimate of drug-likeness (QED) is 0.838. The highest BCUT2D eigenvalue weighted by Gasteiger charge is 2.12. The van der Waals surface area contributed by atoms with Crippen molar-refractivity contribution >= 4 is 23.3 Å². The van der Waals surface area contributed by atoms with E-state index in [4.69, 9.17) is 16.3 Å². The number of rotatable bonds is 4. The van der Waals surface area contributed by atoms with Crippen LogP contribution in [0.2, 0.25) is 5.02 Å². The first kappa shape index (κ1) is 15.4. The largest absolute Gasteiger partial charge is 0.465 e. The lowest BCUT2D eigenvalue weighted by atomic mass is 10.1. The van der Waals surface area contributed by atoms with Gasteiger partial charge in [0.05, 0.1) is 17.7 Å². The van der Waals surface area contributed by atoms with Crippen LogP contribution in [0.15, 0.2) is 42.5 Å². The molecule has 2 aromatic carbocycles. The molecule has 110 valence electrons. The molecule has 1 N–H and O–H groups in total. The molecule has 2 aromatic rings. The molecule has 0 saturated heterocycles. The van der Waals surface area contributed by atoms with E-state index < -0.39 is 5.97 Å². The number of ether oxygens (including phenoxy) is 1. The van der Waals surface area contributed by atoms with Gasteiger partial charge < -0.3 is 10.1 Å². The Morgan fingerprint density at radius 2 is 1.86 bits per heavy atom. The van der Waals surface area contributed by atoms with Gasteiger partial charge in [-0.05, 0) is 37.6 Å². The molecule has 0 aromatic heterocycles. The van der Waals surface area contributed by atoms with Gasteiger partial charge in [0.15, 0.2) is 0 Å². The van der Waals surface area contributed by atoms with Crippen molar-refractivity contribution in [3.63, 3.8) is 0 Å². The van der Waals surface area contributed by atoms with Gasteiger partial charge >= 0.3 is 5.97 Å². The summed E-state index contributed by atoms with van der Waals surface area (Å²) in [4.78, 5) is 11.6. The van der Waals surface area contributed by atoms with Gasteiger partial charge in [0.25, 0.3) is 0 Å². The molecule has 0 amide bonds. The molecule has 21 heavy (non-hydrogen) atoms. The third kappa shape index (κ3) is 3.76. The van der Waals surface area contributed by atoms with E-state index in [2.05, 4.69) is 43.4 Å². The van der Waals surface area contributed by atoms with Gasteiger partial charge in [0, 0.05) is 11.7 Å². The Morgan fingerprint density at radius 1 is 1.19 bits per heavy atom. The molecule has 0 saturated carbocycles. The maximum Gasteiger partial charge on any atom is 0.339 e. The number of nitrogens with one attached hydrogen (secondary N) is 1. The molecule has 0 bridgehead atoms. The molecule has 0 aliphatic rings. The maximum atomic E-state index is 11.6. The highest BCUT2D eigenvalue weighted by atomic mass is 35.5. The van der Waals surface area contributed by atoms with Crippen LogP contribution in [0.4, 0.5) is 5.69 Å². The fraction of sp³-hybridized carbons (Fsp3) is 0.235. The Bertz CT molecular complexity index is 638. The molecular weight excluding hydrogens is 286 g/mol. The molecule has 2 rings (SSSR count). The topological polar surface area (TPSA) is 38.3 Å². The number of aryl methyl sites for hydroxylation is 1. The summed E-state index contributed by atoms with van der Waals surface area (Å²) >= 11 is 6.01. The van der Waals surface area contributed by atoms with Gasteiger partial charge in [-0.3, -0.25) is 0 Å². The van der Waals surface area contributed by atoms with Crippen LogP contribution in [0, 0.1) is 6.92 Å². The van der Waals surface area contributed by atoms with Crippen molar-refractivity contribution in [1.82, 2.24) is 0 Å². The second-order valence-corrected chi connectivity index (χ2v) is 5.37. The lowest BCUT2D eigenvalue weighted by Crippen LogP contribution is -2.08. The summed E-state index contributed by atoms with van der Waals surface area (Å²) in [6.07, 6.45) is 0. The van der Waals surface area contributed by atoms with E-state index in [1.165, 1.54) is 18.2 Å². The van der Waals surface area contributed by atoms with Crippen LogP contribution in [0.3, 0.4) is 0 Å². The van der Waals surface area contributed by atoms with Crippen molar-refractivity contribution in [2.45, 2.75) is 19.9 Å². The van der Waals surface area contributed by atoms with Crippen molar-refractivity contribution in [3.05, 3.63) is 64.2 Å². The smallest absolute Gasteiger partial charge is 0.339 e. The van der Waals surface area contributed by atoms with Crippen molar-refractivity contribution in [2.75, 3.05) is 12.4 Å². The predicted molar refractivity (Wildman–Crippen MR) is 86.0 cm³/mol. The number of anilines is 1. The lowest BCUT2D eigenvalue weighted by Gasteiger charge is -2.17. The fourth-order valence-electron chi connectivity index (χ4n) is 2.07. The van der Waals surface area contributed by atoms with E-state index >= 15 is 0 Å². The second-order valence-electron chi connectivity index (χ2n) is 4.96. The molecule has 0 aliphatic heterocycles. The third-order valence-electron chi connectivity index (χ3n) is 3.33. The Balaban J connectivity index is 2.19. The zero-order chi connectivity index (χ0) is 15.4. The normalized spacial score (nSPS) is 11.8. The third-order valence-corrected chi connectivity index (χ3v) is 3.66. The van der Waals surface area contributed by atoms with Crippen molar-refractivity contribution in [3.8, 4) is 0 Å². The maximum absolute atomic E-state index is 11.6. The van der Waals surface area contributed by atoms with Crippen LogP contribution in [-0.4, -0.2) is 13.1 Å². The summed E-state index contributed by atoms with van der Waals surface area (Å²) in [5, 5.41) is 3.74. The lowest BCUT2D eigenvalue weighted by molar-refractivity contribution is 0.0601. The fourth-order valence-corrected chi connectivity index (χ4v) is 2.26. The standard InChI is InChI=1S/C17H18ClNO2/c1-11-4-6-13(7-5-11)12(2)19-14-8-9-16(18)15(10-14)17(20)21-3/h4-10,12,19H,1-3H3. The minimum absolute atomic E-state index is 0.122. The summed E-state index contributed by atoms with van der Waals surface area (Å²) in [6.45, 7) is 4.13. The van der Waals surface area contributed by atoms with E-state index in [0.29, 0.717) is 10.6 Å². The summed E-state index contributed by atoms with van der Waals surface area (Å²) in [5.41, 5.74) is 3.59. The molecule has 0 spiro atoms. The zero-order valence-corrected chi connectivity index (χ0v) is 13.1. The van der Waals surface area contributed by atoms with E-state index in [1.807, 2.05) is 6.07 Å². The molecule has 0 aliphatic carbocycles. The van der Waals surface area contributed by atoms with Crippen molar-refractivity contribution in [2.24, 2.45) is 0 Å². The summed E-state index contributed by atoms with van der Waals surface area (Å²) in [6, 6.07) is 13.7. The van der Waals surface area contributed by atoms with Gasteiger partial charge in [-0.2, -0.15) is 0 Å². The number of hydrogen-bond acceptors (Lipinski definition) is 3. The molecule has 1 unspecified atom stereocenters. The highest BCUT2D eigenvalue weighted by molar-refractivity contribution is 6.33. The second kappa shape index (κ2) is 6.64. The van der Waals surface area contributed by atoms with Gasteiger partial charge in [-0.25, -0.2) is 4.79 Å². The molecule has 1 atom stereocenters. The first-order chi connectivity index (χ1) is 10.0. The Hall–Kier alpha value is -2.00. The average Bonchev–Trinajstić information content (AvgIpc) is 2.49. The van der Waals surface area contributed by atoms with E-state index in [1.54, 1.807) is 12.1 Å². The Kier molecular flexibility index (Phi) is 4.86. The van der Waals surface area contributed by atoms with Gasteiger partial charge in [0.2, 0.25) is 0 Å². The van der Waals surface area contributed by atoms with Crippen LogP contribution >= 0.6 is 11.6 Å². The Labute approximate surface area is 129 Å². The van der Waals surface area contributed by atoms with Crippen LogP contribution in [-0.2, 0) is 4.74 Å². The number of carbonyl (C=O) groups excluding carboxylic acids is 1. The molecule has 4 heteroatoms. The van der Waals surface area contributed by atoms with Crippen LogP contribution in [0.5, 0.6) is 0 Å². The Morgan fingerprint density at radius 3 is 2.48 bits per heavy atom. The predicted octanol–water partition coefficient (Wildman–Crippen LogP) is 4.61. The molecule has 0 radical (unpaired) electrons. The van der Waals surface area contributed by atoms with E-state index in [-0.39, 0.29) is 6.04 Å².